The van der Waals surface area contributed by atoms with E-state index in [-0.39, 0.29) is 36.1 Å². The Bertz CT molecular complexity index is 1430. The summed E-state index contributed by atoms with van der Waals surface area (Å²) in [5, 5.41) is 1.14. The normalized spacial score (nSPS) is 22.8. The van der Waals surface area contributed by atoms with Gasteiger partial charge in [-0.15, -0.1) is 0 Å². The van der Waals surface area contributed by atoms with E-state index in [0.29, 0.717) is 41.2 Å². The Kier molecular flexibility index (Phi) is 5.66. The van der Waals surface area contributed by atoms with E-state index in [0.717, 1.165) is 0 Å². The summed E-state index contributed by atoms with van der Waals surface area (Å²) in [5.74, 6) is 1.73. The summed E-state index contributed by atoms with van der Waals surface area (Å²) < 4.78 is 4.02. The van der Waals surface area contributed by atoms with Crippen molar-refractivity contribution in [2.45, 2.75) is 69.2 Å². The van der Waals surface area contributed by atoms with E-state index >= 15 is 0 Å². The first-order valence-electron chi connectivity index (χ1n) is 11.2. The van der Waals surface area contributed by atoms with Crippen LogP contribution in [0.15, 0.2) is 52.7 Å². The van der Waals surface area contributed by atoms with Gasteiger partial charge in [0.2, 0.25) is 0 Å². The van der Waals surface area contributed by atoms with Crippen LogP contribution in [0.2, 0.25) is 0 Å². The second-order valence-electron chi connectivity index (χ2n) is 10.4. The molecule has 0 aromatic heterocycles. The van der Waals surface area contributed by atoms with E-state index in [1.807, 2.05) is 0 Å². The molecule has 5 rings (SSSR count). The van der Waals surface area contributed by atoms with Crippen LogP contribution in [0.25, 0.3) is 10.0 Å². The molecule has 4 aliphatic rings. The minimum absolute atomic E-state index is 0.0354. The zero-order valence-electron chi connectivity index (χ0n) is 21.0. The molecule has 1 fully saturated rings. The maximum absolute atomic E-state index is 11.2. The van der Waals surface area contributed by atoms with E-state index in [2.05, 4.69) is 69.2 Å². The Hall–Kier alpha value is -1.71. The first-order valence-corrected chi connectivity index (χ1v) is 13.7. The standard InChI is InChI=1S/2C10H15.C8O3.2Cr/c2*1-7-6-10(4,5)9(3)8(7)2;9-2-4-1-5-7(8(5)11)6(4)3-10;;/h2*1-5H3;;;. The van der Waals surface area contributed by atoms with Gasteiger partial charge >= 0.3 is 209 Å². The third kappa shape index (κ3) is 3.26. The molecule has 0 N–H and O–H groups in total. The maximum atomic E-state index is 11.2. The van der Waals surface area contributed by atoms with Gasteiger partial charge in [0.05, 0.1) is 0 Å². The molecule has 1 heterocycles. The van der Waals surface area contributed by atoms with Crippen molar-refractivity contribution in [2.24, 2.45) is 10.8 Å². The van der Waals surface area contributed by atoms with E-state index in [1.54, 1.807) is 37.1 Å². The van der Waals surface area contributed by atoms with E-state index in [9.17, 15) is 14.4 Å². The Morgan fingerprint density at radius 3 is 1.52 bits per heavy atom. The van der Waals surface area contributed by atoms with Gasteiger partial charge in [0, 0.05) is 0 Å². The molecule has 1 aromatic rings. The minimum atomic E-state index is -0.326. The molecule has 0 amide bonds. The molecular weight excluding hydrogens is 488 g/mol. The summed E-state index contributed by atoms with van der Waals surface area (Å²) in [5.41, 5.74) is 10.4. The van der Waals surface area contributed by atoms with Crippen LogP contribution in [0.3, 0.4) is 0 Å². The monoisotopic (exact) mass is 518 g/mol. The predicted octanol–water partition coefficient (Wildman–Crippen LogP) is 3.94. The average molecular weight is 519 g/mol. The SMILES string of the molecule is CC1=C(C)C(C)(C)[C]([Cr][C]2=C(C)C(C)=C(C)C2(C)C)=C1C.O=C=C1[C]2=c3c(=O)c3=C1[C](=O)[Cr]2. The third-order valence-electron chi connectivity index (χ3n) is 8.24. The third-order valence-corrected chi connectivity index (χ3v) is 13.0. The summed E-state index contributed by atoms with van der Waals surface area (Å²) in [6.45, 7) is 23.5. The average Bonchev–Trinajstić information content (AvgIpc) is 3.03. The molecule has 1 saturated heterocycles. The molecule has 3 aliphatic carbocycles. The van der Waals surface area contributed by atoms with Gasteiger partial charge in [0.25, 0.3) is 0 Å². The molecule has 5 heteroatoms. The summed E-state index contributed by atoms with van der Waals surface area (Å²) in [6.07, 6.45) is 0. The molecule has 2 bridgehead atoms. The molecule has 3 nitrogen and oxygen atoms in total. The van der Waals surface area contributed by atoms with E-state index in [1.165, 1.54) is 11.1 Å². The van der Waals surface area contributed by atoms with Crippen molar-refractivity contribution >= 4 is 20.6 Å². The molecule has 0 spiro atoms. The van der Waals surface area contributed by atoms with Gasteiger partial charge in [-0.3, -0.25) is 0 Å². The van der Waals surface area contributed by atoms with Gasteiger partial charge < -0.3 is 0 Å². The van der Waals surface area contributed by atoms with E-state index in [4.69, 9.17) is 0 Å². The van der Waals surface area contributed by atoms with E-state index < -0.39 is 0 Å². The number of allylic oxidation sites excluding steroid dienone is 9. The van der Waals surface area contributed by atoms with Gasteiger partial charge in [-0.2, -0.15) is 0 Å². The fourth-order valence-corrected chi connectivity index (χ4v) is 9.33. The Morgan fingerprint density at radius 2 is 1.18 bits per heavy atom. The van der Waals surface area contributed by atoms with Gasteiger partial charge in [-0.25, -0.2) is 0 Å². The Balaban J connectivity index is 0.000000180. The van der Waals surface area contributed by atoms with Gasteiger partial charge in [-0.05, 0) is 0 Å². The second kappa shape index (κ2) is 7.65. The zero-order valence-corrected chi connectivity index (χ0v) is 23.6. The fourth-order valence-electron chi connectivity index (χ4n) is 5.17. The zero-order chi connectivity index (χ0) is 24.8. The molecule has 0 radical (unpaired) electrons. The number of hydrogen-bond acceptors (Lipinski definition) is 3. The van der Waals surface area contributed by atoms with Crippen LogP contribution in [-0.4, -0.2) is 10.6 Å². The molecule has 0 saturated carbocycles. The second-order valence-corrected chi connectivity index (χ2v) is 13.5. The van der Waals surface area contributed by atoms with Crippen molar-refractivity contribution < 1.29 is 40.0 Å². The molecular formula is C28H30Cr2O3. The summed E-state index contributed by atoms with van der Waals surface area (Å²) >= 11 is 0.117. The molecule has 172 valence electrons. The first-order chi connectivity index (χ1) is 15.2. The van der Waals surface area contributed by atoms with Crippen LogP contribution >= 0.6 is 0 Å². The summed E-state index contributed by atoms with van der Waals surface area (Å²) in [6, 6.07) is 0. The number of rotatable bonds is 2. The predicted molar refractivity (Wildman–Crippen MR) is 125 cm³/mol. The van der Waals surface area contributed by atoms with Crippen LogP contribution in [0.4, 0.5) is 0 Å². The quantitative estimate of drug-likeness (QED) is 0.558. The Morgan fingerprint density at radius 1 is 0.727 bits per heavy atom. The Labute approximate surface area is 208 Å². The topological polar surface area (TPSA) is 51.2 Å². The number of hydrogen-bond donors (Lipinski definition) is 0. The van der Waals surface area contributed by atoms with Crippen LogP contribution in [0.1, 0.15) is 69.2 Å². The molecule has 0 atom stereocenters. The van der Waals surface area contributed by atoms with Crippen molar-refractivity contribution in [3.63, 3.8) is 0 Å². The van der Waals surface area contributed by atoms with Gasteiger partial charge in [-0.1, -0.05) is 0 Å². The van der Waals surface area contributed by atoms with Crippen LogP contribution in [-0.2, 0) is 40.0 Å². The van der Waals surface area contributed by atoms with Crippen LogP contribution in [0.5, 0.6) is 0 Å². The van der Waals surface area contributed by atoms with Crippen molar-refractivity contribution in [3.05, 3.63) is 68.5 Å². The van der Waals surface area contributed by atoms with Crippen molar-refractivity contribution in [2.75, 3.05) is 0 Å². The van der Waals surface area contributed by atoms with Crippen molar-refractivity contribution in [1.29, 1.82) is 0 Å². The number of carbonyl (C=O) groups excluding carboxylic acids is 2. The van der Waals surface area contributed by atoms with Crippen molar-refractivity contribution in [1.82, 2.24) is 0 Å². The summed E-state index contributed by atoms with van der Waals surface area (Å²) in [7, 11) is 0. The van der Waals surface area contributed by atoms with Gasteiger partial charge in [0.15, 0.2) is 0 Å². The van der Waals surface area contributed by atoms with Crippen LogP contribution < -0.4 is 15.9 Å². The van der Waals surface area contributed by atoms with Gasteiger partial charge in [0.1, 0.15) is 0 Å². The first kappa shape index (κ1) is 24.4. The molecule has 1 aromatic carbocycles. The van der Waals surface area contributed by atoms with Crippen molar-refractivity contribution in [3.8, 4) is 0 Å². The summed E-state index contributed by atoms with van der Waals surface area (Å²) in [4.78, 5) is 32.5. The molecule has 33 heavy (non-hydrogen) atoms. The van der Waals surface area contributed by atoms with Crippen LogP contribution in [0, 0.1) is 10.8 Å². The number of carbonyl (C=O) groups is 1. The number of fused-ring (bicyclic) bond motifs is 3. The molecule has 1 aliphatic heterocycles. The fraction of sp³-hybridized carbons (Fsp3) is 0.429. The molecule has 0 unspecified atom stereocenters.